The standard InChI is InChI=1S/C53H43N3O/c1-53(2,3)39-21-14-23-41(33-39)56-48-28-11-10-25-46(48)47-32-31-43(35-51(47)56)57-42-24-15-22-40(34-42)54-36-55(50-30-13-12-29-49(50)54)52-44(37-17-6-4-7-18-37)26-16-27-45(52)38-19-8-5-9-20-38/h4-35H,36H2,1-3H3/i4D,5D,6D,7D,8D,9D,17D,18D,19D,20D. The molecule has 9 aromatic rings. The highest BCUT2D eigenvalue weighted by atomic mass is 16.5. The summed E-state index contributed by atoms with van der Waals surface area (Å²) < 4.78 is 95.9. The van der Waals surface area contributed by atoms with E-state index in [2.05, 4.69) is 90.9 Å². The Morgan fingerprint density at radius 2 is 1.11 bits per heavy atom. The molecule has 57 heavy (non-hydrogen) atoms. The number of para-hydroxylation sites is 4. The summed E-state index contributed by atoms with van der Waals surface area (Å²) in [5.74, 6) is 1.21. The molecule has 10 rings (SSSR count). The van der Waals surface area contributed by atoms with E-state index in [1.54, 1.807) is 18.2 Å². The third-order valence-corrected chi connectivity index (χ3v) is 10.6. The van der Waals surface area contributed by atoms with Crippen LogP contribution in [-0.4, -0.2) is 11.2 Å². The minimum Gasteiger partial charge on any atom is -0.457 e. The van der Waals surface area contributed by atoms with Crippen LogP contribution in [0.1, 0.15) is 40.0 Å². The molecule has 8 aromatic carbocycles. The number of anilines is 4. The fourth-order valence-electron chi connectivity index (χ4n) is 7.89. The Morgan fingerprint density at radius 3 is 1.82 bits per heavy atom. The zero-order valence-electron chi connectivity index (χ0n) is 41.7. The quantitative estimate of drug-likeness (QED) is 0.162. The van der Waals surface area contributed by atoms with Gasteiger partial charge in [0.1, 0.15) is 18.2 Å². The number of nitrogens with zero attached hydrogens (tertiary/aromatic N) is 3. The van der Waals surface area contributed by atoms with Crippen molar-refractivity contribution in [2.45, 2.75) is 26.2 Å². The second-order valence-corrected chi connectivity index (χ2v) is 15.1. The van der Waals surface area contributed by atoms with Crippen molar-refractivity contribution in [3.63, 3.8) is 0 Å². The first kappa shape index (κ1) is 25.2. The summed E-state index contributed by atoms with van der Waals surface area (Å²) in [6.45, 7) is 6.76. The first-order chi connectivity index (χ1) is 32.0. The van der Waals surface area contributed by atoms with Crippen LogP contribution in [0.15, 0.2) is 194 Å². The van der Waals surface area contributed by atoms with Gasteiger partial charge < -0.3 is 19.1 Å². The van der Waals surface area contributed by atoms with E-state index in [0.717, 1.165) is 38.9 Å². The van der Waals surface area contributed by atoms with E-state index in [4.69, 9.17) is 18.4 Å². The van der Waals surface area contributed by atoms with Gasteiger partial charge in [-0.3, -0.25) is 0 Å². The summed E-state index contributed by atoms with van der Waals surface area (Å²) in [5.41, 5.74) is 7.12. The minimum absolute atomic E-state index is 0.0404. The normalized spacial score (nSPS) is 15.1. The molecule has 0 fully saturated rings. The summed E-state index contributed by atoms with van der Waals surface area (Å²) in [4.78, 5) is 3.95. The Hall–Kier alpha value is -7.04. The van der Waals surface area contributed by atoms with Crippen molar-refractivity contribution in [1.29, 1.82) is 0 Å². The summed E-state index contributed by atoms with van der Waals surface area (Å²) >= 11 is 0. The Labute approximate surface area is 348 Å². The predicted molar refractivity (Wildman–Crippen MR) is 239 cm³/mol. The molecule has 0 bridgehead atoms. The summed E-state index contributed by atoms with van der Waals surface area (Å²) in [7, 11) is 0. The van der Waals surface area contributed by atoms with Crippen LogP contribution >= 0.6 is 0 Å². The summed E-state index contributed by atoms with van der Waals surface area (Å²) in [6.07, 6.45) is 0. The zero-order valence-corrected chi connectivity index (χ0v) is 31.7. The average Bonchev–Trinajstić information content (AvgIpc) is 3.87. The molecule has 0 saturated carbocycles. The number of rotatable bonds is 7. The first-order valence-electron chi connectivity index (χ1n) is 23.9. The van der Waals surface area contributed by atoms with Crippen molar-refractivity contribution in [3.05, 3.63) is 199 Å². The van der Waals surface area contributed by atoms with Gasteiger partial charge in [-0.25, -0.2) is 0 Å². The number of fused-ring (bicyclic) bond motifs is 4. The molecular formula is C53H43N3O. The molecule has 276 valence electrons. The molecule has 1 aromatic heterocycles. The first-order valence-corrected chi connectivity index (χ1v) is 18.9. The van der Waals surface area contributed by atoms with Crippen LogP contribution in [0, 0.1) is 0 Å². The maximum absolute atomic E-state index is 9.01. The molecular weight excluding hydrogens is 695 g/mol. The maximum atomic E-state index is 9.01. The Bertz CT molecular complexity index is 3360. The van der Waals surface area contributed by atoms with Gasteiger partial charge in [0, 0.05) is 45.4 Å². The molecule has 2 heterocycles. The number of aromatic nitrogens is 1. The van der Waals surface area contributed by atoms with E-state index in [1.165, 1.54) is 5.56 Å². The van der Waals surface area contributed by atoms with E-state index >= 15 is 0 Å². The second kappa shape index (κ2) is 13.9. The Kier molecular flexibility index (Phi) is 6.15. The molecule has 1 aliphatic heterocycles. The second-order valence-electron chi connectivity index (χ2n) is 15.1. The van der Waals surface area contributed by atoms with Gasteiger partial charge in [-0.05, 0) is 76.7 Å². The van der Waals surface area contributed by atoms with E-state index in [1.807, 2.05) is 59.5 Å². The number of ether oxygens (including phenoxy) is 1. The van der Waals surface area contributed by atoms with Gasteiger partial charge in [0.15, 0.2) is 0 Å². The van der Waals surface area contributed by atoms with Crippen LogP contribution in [-0.2, 0) is 5.41 Å². The fourth-order valence-corrected chi connectivity index (χ4v) is 7.89. The van der Waals surface area contributed by atoms with Crippen molar-refractivity contribution in [2.75, 3.05) is 16.5 Å². The third kappa shape index (κ3) is 6.20. The molecule has 4 nitrogen and oxygen atoms in total. The zero-order chi connectivity index (χ0) is 47.2. The Morgan fingerprint density at radius 1 is 0.509 bits per heavy atom. The number of hydrogen-bond donors (Lipinski definition) is 0. The van der Waals surface area contributed by atoms with Gasteiger partial charge >= 0.3 is 0 Å². The molecule has 0 amide bonds. The molecule has 0 unspecified atom stereocenters. The summed E-state index contributed by atoms with van der Waals surface area (Å²) in [5, 5.41) is 2.23. The Balaban J connectivity index is 1.09. The lowest BCUT2D eigenvalue weighted by molar-refractivity contribution is 0.483. The van der Waals surface area contributed by atoms with Crippen LogP contribution in [0.3, 0.4) is 0 Å². The van der Waals surface area contributed by atoms with Crippen molar-refractivity contribution in [1.82, 2.24) is 4.57 Å². The van der Waals surface area contributed by atoms with Crippen molar-refractivity contribution in [3.8, 4) is 39.4 Å². The van der Waals surface area contributed by atoms with Crippen LogP contribution in [0.5, 0.6) is 11.5 Å². The predicted octanol–water partition coefficient (Wildman–Crippen LogP) is 14.5. The number of benzene rings is 8. The lowest BCUT2D eigenvalue weighted by Gasteiger charge is -2.27. The van der Waals surface area contributed by atoms with E-state index in [-0.39, 0.29) is 34.3 Å². The van der Waals surface area contributed by atoms with Crippen LogP contribution < -0.4 is 14.5 Å². The highest BCUT2D eigenvalue weighted by molar-refractivity contribution is 6.09. The van der Waals surface area contributed by atoms with Crippen LogP contribution in [0.25, 0.3) is 49.7 Å². The van der Waals surface area contributed by atoms with Crippen LogP contribution in [0.2, 0.25) is 0 Å². The van der Waals surface area contributed by atoms with Crippen molar-refractivity contribution >= 4 is 44.6 Å². The lowest BCUT2D eigenvalue weighted by atomic mass is 9.87. The van der Waals surface area contributed by atoms with E-state index in [0.29, 0.717) is 22.9 Å². The lowest BCUT2D eigenvalue weighted by Crippen LogP contribution is -2.24. The van der Waals surface area contributed by atoms with E-state index in [9.17, 15) is 0 Å². The molecule has 0 spiro atoms. The fraction of sp³-hybridized carbons (Fsp3) is 0.0943. The summed E-state index contributed by atoms with van der Waals surface area (Å²) in [6, 6.07) is 38.4. The molecule has 4 heteroatoms. The van der Waals surface area contributed by atoms with Crippen molar-refractivity contribution in [2.24, 2.45) is 0 Å². The van der Waals surface area contributed by atoms with Gasteiger partial charge in [-0.15, -0.1) is 0 Å². The topological polar surface area (TPSA) is 20.6 Å². The highest BCUT2D eigenvalue weighted by Gasteiger charge is 2.31. The van der Waals surface area contributed by atoms with Crippen molar-refractivity contribution < 1.29 is 18.4 Å². The maximum Gasteiger partial charge on any atom is 0.129 e. The van der Waals surface area contributed by atoms with Crippen LogP contribution in [0.4, 0.5) is 22.7 Å². The van der Waals surface area contributed by atoms with Gasteiger partial charge in [0.2, 0.25) is 0 Å². The minimum atomic E-state index is -0.546. The molecule has 0 aliphatic carbocycles. The molecule has 0 N–H and O–H groups in total. The smallest absolute Gasteiger partial charge is 0.129 e. The molecule has 0 atom stereocenters. The van der Waals surface area contributed by atoms with Gasteiger partial charge in [-0.1, -0.05) is 148 Å². The molecule has 0 saturated heterocycles. The van der Waals surface area contributed by atoms with Gasteiger partial charge in [0.25, 0.3) is 0 Å². The average molecular weight is 748 g/mol. The van der Waals surface area contributed by atoms with Gasteiger partial charge in [0.05, 0.1) is 41.8 Å². The number of hydrogen-bond acceptors (Lipinski definition) is 3. The molecule has 1 aliphatic rings. The molecule has 0 radical (unpaired) electrons. The largest absolute Gasteiger partial charge is 0.457 e. The van der Waals surface area contributed by atoms with E-state index < -0.39 is 60.4 Å². The highest BCUT2D eigenvalue weighted by Crippen LogP contribution is 2.50. The monoisotopic (exact) mass is 747 g/mol. The SMILES string of the molecule is [2H]c1c([2H])c([2H])c(-c2cccc(-c3c([2H])c([2H])c([2H])c([2H])c3[2H])c2N2CN(c3cccc(Oc4ccc5c6ccccc6n(-c6cccc(C(C)(C)C)c6)c5c4)c3)c3ccccc32)c([2H])c1[2H]. The third-order valence-electron chi connectivity index (χ3n) is 10.6. The van der Waals surface area contributed by atoms with Gasteiger partial charge in [-0.2, -0.15) is 0 Å².